The first-order valence-electron chi connectivity index (χ1n) is 7.19. The van der Waals surface area contributed by atoms with E-state index in [0.29, 0.717) is 23.4 Å². The van der Waals surface area contributed by atoms with Gasteiger partial charge in [-0.2, -0.15) is 0 Å². The van der Waals surface area contributed by atoms with Gasteiger partial charge in [0.1, 0.15) is 5.75 Å². The minimum absolute atomic E-state index is 0.112. The molecule has 1 amide bonds. The number of amides is 1. The summed E-state index contributed by atoms with van der Waals surface area (Å²) in [5.74, 6) is 0.625. The van der Waals surface area contributed by atoms with Crippen molar-refractivity contribution in [3.05, 3.63) is 62.6 Å². The lowest BCUT2D eigenvalue weighted by Crippen LogP contribution is -2.26. The SMILES string of the molecule is COc1ccc2[nH]c(=O)c(CCNC(=O)c3cccs3)cc2c1. The Hall–Kier alpha value is -2.60. The zero-order valence-corrected chi connectivity index (χ0v) is 13.4. The lowest BCUT2D eigenvalue weighted by Gasteiger charge is -2.06. The summed E-state index contributed by atoms with van der Waals surface area (Å²) in [4.78, 5) is 27.5. The van der Waals surface area contributed by atoms with E-state index in [1.165, 1.54) is 11.3 Å². The highest BCUT2D eigenvalue weighted by Crippen LogP contribution is 2.18. The number of pyridine rings is 1. The van der Waals surface area contributed by atoms with Gasteiger partial charge in [-0.15, -0.1) is 11.3 Å². The molecular formula is C17H16N2O3S. The third-order valence-corrected chi connectivity index (χ3v) is 4.42. The number of fused-ring (bicyclic) bond motifs is 1. The van der Waals surface area contributed by atoms with Crippen molar-refractivity contribution in [3.63, 3.8) is 0 Å². The highest BCUT2D eigenvalue weighted by Gasteiger charge is 2.07. The number of carbonyl (C=O) groups excluding carboxylic acids is 1. The first-order chi connectivity index (χ1) is 11.2. The fraction of sp³-hybridized carbons (Fsp3) is 0.176. The number of carbonyl (C=O) groups is 1. The summed E-state index contributed by atoms with van der Waals surface area (Å²) in [6.45, 7) is 0.412. The van der Waals surface area contributed by atoms with Gasteiger partial charge in [-0.05, 0) is 42.1 Å². The van der Waals surface area contributed by atoms with Gasteiger partial charge in [0.25, 0.3) is 11.5 Å². The number of methoxy groups -OCH3 is 1. The number of nitrogens with one attached hydrogen (secondary N) is 2. The van der Waals surface area contributed by atoms with Gasteiger partial charge in [0.05, 0.1) is 12.0 Å². The van der Waals surface area contributed by atoms with E-state index in [-0.39, 0.29) is 11.5 Å². The molecule has 0 aliphatic rings. The van der Waals surface area contributed by atoms with Gasteiger partial charge in [-0.25, -0.2) is 0 Å². The Bertz CT molecular complexity index is 884. The van der Waals surface area contributed by atoms with Gasteiger partial charge in [-0.1, -0.05) is 6.07 Å². The average Bonchev–Trinajstić information content (AvgIpc) is 3.09. The van der Waals surface area contributed by atoms with Crippen LogP contribution in [0.15, 0.2) is 46.6 Å². The van der Waals surface area contributed by atoms with E-state index in [4.69, 9.17) is 4.74 Å². The minimum Gasteiger partial charge on any atom is -0.497 e. The quantitative estimate of drug-likeness (QED) is 0.756. The van der Waals surface area contributed by atoms with E-state index >= 15 is 0 Å². The molecule has 0 bridgehead atoms. The molecule has 2 aromatic heterocycles. The molecule has 0 aliphatic heterocycles. The maximum Gasteiger partial charge on any atom is 0.261 e. The van der Waals surface area contributed by atoms with Crippen LogP contribution in [-0.4, -0.2) is 24.5 Å². The Labute approximate surface area is 136 Å². The predicted octanol–water partition coefficient (Wildman–Crippen LogP) is 2.57. The molecule has 3 rings (SSSR count). The molecular weight excluding hydrogens is 312 g/mol. The van der Waals surface area contributed by atoms with Crippen molar-refractivity contribution in [2.75, 3.05) is 13.7 Å². The molecule has 6 heteroatoms. The molecule has 0 saturated carbocycles. The van der Waals surface area contributed by atoms with E-state index in [1.54, 1.807) is 19.2 Å². The largest absolute Gasteiger partial charge is 0.497 e. The number of benzene rings is 1. The number of thiophene rings is 1. The maximum atomic E-state index is 12.1. The molecule has 2 heterocycles. The number of H-pyrrole nitrogens is 1. The Morgan fingerprint density at radius 2 is 2.17 bits per heavy atom. The van der Waals surface area contributed by atoms with Crippen LogP contribution in [0.25, 0.3) is 10.9 Å². The van der Waals surface area contributed by atoms with Gasteiger partial charge in [0.2, 0.25) is 0 Å². The van der Waals surface area contributed by atoms with E-state index in [1.807, 2.05) is 29.6 Å². The van der Waals surface area contributed by atoms with Gasteiger partial charge < -0.3 is 15.0 Å². The summed E-state index contributed by atoms with van der Waals surface area (Å²) in [6, 6.07) is 10.9. The third-order valence-electron chi connectivity index (χ3n) is 3.55. The van der Waals surface area contributed by atoms with Crippen LogP contribution in [-0.2, 0) is 6.42 Å². The van der Waals surface area contributed by atoms with Crippen molar-refractivity contribution in [2.45, 2.75) is 6.42 Å². The first-order valence-corrected chi connectivity index (χ1v) is 8.07. The molecule has 3 aromatic rings. The summed E-state index contributed by atoms with van der Waals surface area (Å²) in [5.41, 5.74) is 1.27. The summed E-state index contributed by atoms with van der Waals surface area (Å²) in [5, 5.41) is 5.59. The van der Waals surface area contributed by atoms with Crippen LogP contribution in [0.5, 0.6) is 5.75 Å². The van der Waals surface area contributed by atoms with E-state index < -0.39 is 0 Å². The Kier molecular flexibility index (Phi) is 4.43. The van der Waals surface area contributed by atoms with E-state index in [0.717, 1.165) is 16.7 Å². The highest BCUT2D eigenvalue weighted by atomic mass is 32.1. The van der Waals surface area contributed by atoms with Crippen molar-refractivity contribution in [1.82, 2.24) is 10.3 Å². The molecule has 0 spiro atoms. The molecule has 0 atom stereocenters. The lowest BCUT2D eigenvalue weighted by atomic mass is 10.1. The topological polar surface area (TPSA) is 71.2 Å². The van der Waals surface area contributed by atoms with Crippen molar-refractivity contribution >= 4 is 28.1 Å². The van der Waals surface area contributed by atoms with Gasteiger partial charge in [-0.3, -0.25) is 9.59 Å². The molecule has 1 aromatic carbocycles. The number of ether oxygens (including phenoxy) is 1. The summed E-state index contributed by atoms with van der Waals surface area (Å²) in [7, 11) is 1.61. The summed E-state index contributed by atoms with van der Waals surface area (Å²) in [6.07, 6.45) is 0.472. The Morgan fingerprint density at radius 3 is 2.91 bits per heavy atom. The van der Waals surface area contributed by atoms with E-state index in [9.17, 15) is 9.59 Å². The Morgan fingerprint density at radius 1 is 1.30 bits per heavy atom. The van der Waals surface area contributed by atoms with Crippen LogP contribution in [0.3, 0.4) is 0 Å². The molecule has 118 valence electrons. The number of aromatic amines is 1. The summed E-state index contributed by atoms with van der Waals surface area (Å²) >= 11 is 1.39. The zero-order chi connectivity index (χ0) is 16.2. The Balaban J connectivity index is 1.73. The highest BCUT2D eigenvalue weighted by molar-refractivity contribution is 7.12. The third kappa shape index (κ3) is 3.43. The molecule has 0 fully saturated rings. The smallest absolute Gasteiger partial charge is 0.261 e. The molecule has 0 saturated heterocycles. The number of hydrogen-bond donors (Lipinski definition) is 2. The van der Waals surface area contributed by atoms with Crippen LogP contribution in [0.1, 0.15) is 15.2 Å². The first kappa shape index (κ1) is 15.3. The van der Waals surface area contributed by atoms with Crippen molar-refractivity contribution < 1.29 is 9.53 Å². The predicted molar refractivity (Wildman–Crippen MR) is 91.5 cm³/mol. The van der Waals surface area contributed by atoms with Crippen LogP contribution in [0.4, 0.5) is 0 Å². The summed E-state index contributed by atoms with van der Waals surface area (Å²) < 4.78 is 5.20. The molecule has 23 heavy (non-hydrogen) atoms. The van der Waals surface area contributed by atoms with Crippen LogP contribution >= 0.6 is 11.3 Å². The number of hydrogen-bond acceptors (Lipinski definition) is 4. The standard InChI is InChI=1S/C17H16N2O3S/c1-22-13-4-5-14-12(10-13)9-11(16(20)19-14)6-7-18-17(21)15-3-2-8-23-15/h2-5,8-10H,6-7H2,1H3,(H,18,21)(H,19,20). The van der Waals surface area contributed by atoms with Gasteiger partial charge in [0, 0.05) is 23.0 Å². The molecule has 0 aliphatic carbocycles. The van der Waals surface area contributed by atoms with Crippen molar-refractivity contribution in [3.8, 4) is 5.75 Å². The van der Waals surface area contributed by atoms with Crippen LogP contribution in [0.2, 0.25) is 0 Å². The zero-order valence-electron chi connectivity index (χ0n) is 12.6. The van der Waals surface area contributed by atoms with E-state index in [2.05, 4.69) is 10.3 Å². The van der Waals surface area contributed by atoms with Gasteiger partial charge in [0.15, 0.2) is 0 Å². The minimum atomic E-state index is -0.131. The number of aromatic nitrogens is 1. The van der Waals surface area contributed by atoms with Crippen LogP contribution < -0.4 is 15.6 Å². The maximum absolute atomic E-state index is 12.1. The second kappa shape index (κ2) is 6.66. The van der Waals surface area contributed by atoms with Crippen molar-refractivity contribution in [2.24, 2.45) is 0 Å². The molecule has 2 N–H and O–H groups in total. The fourth-order valence-corrected chi connectivity index (χ4v) is 2.99. The molecule has 0 unspecified atom stereocenters. The normalized spacial score (nSPS) is 10.7. The lowest BCUT2D eigenvalue weighted by molar-refractivity contribution is 0.0958. The second-order valence-electron chi connectivity index (χ2n) is 5.06. The van der Waals surface area contributed by atoms with Gasteiger partial charge >= 0.3 is 0 Å². The number of rotatable bonds is 5. The van der Waals surface area contributed by atoms with Crippen LogP contribution in [0, 0.1) is 0 Å². The monoisotopic (exact) mass is 328 g/mol. The van der Waals surface area contributed by atoms with Crippen molar-refractivity contribution in [1.29, 1.82) is 0 Å². The average molecular weight is 328 g/mol. The molecule has 0 radical (unpaired) electrons. The fourth-order valence-electron chi connectivity index (χ4n) is 2.35. The molecule has 5 nitrogen and oxygen atoms in total. The second-order valence-corrected chi connectivity index (χ2v) is 6.01.